The molecule has 0 radical (unpaired) electrons. The van der Waals surface area contributed by atoms with Gasteiger partial charge in [0.15, 0.2) is 17.0 Å². The van der Waals surface area contributed by atoms with Gasteiger partial charge in [-0.15, -0.1) is 0 Å². The Morgan fingerprint density at radius 3 is 2.46 bits per heavy atom. The third-order valence-electron chi connectivity index (χ3n) is 3.79. The Morgan fingerprint density at radius 2 is 1.88 bits per heavy atom. The van der Waals surface area contributed by atoms with Gasteiger partial charge in [-0.3, -0.25) is 14.5 Å². The number of aliphatic carboxylic acids is 2. The Balaban J connectivity index is 2.28. The smallest absolute Gasteiger partial charge is 0.321 e. The van der Waals surface area contributed by atoms with E-state index in [9.17, 15) is 14.7 Å². The molecule has 0 amide bonds. The summed E-state index contributed by atoms with van der Waals surface area (Å²) in [4.78, 5) is 40.2. The lowest BCUT2D eigenvalue weighted by Gasteiger charge is -2.28. The summed E-state index contributed by atoms with van der Waals surface area (Å²) < 4.78 is 0. The van der Waals surface area contributed by atoms with Crippen molar-refractivity contribution in [3.63, 3.8) is 0 Å². The van der Waals surface area contributed by atoms with Gasteiger partial charge in [0.2, 0.25) is 5.95 Å². The van der Waals surface area contributed by atoms with E-state index in [1.807, 2.05) is 0 Å². The summed E-state index contributed by atoms with van der Waals surface area (Å²) in [5.41, 5.74) is 17.7. The summed E-state index contributed by atoms with van der Waals surface area (Å²) in [5, 5.41) is 18.4. The number of rotatable bonds is 8. The number of carbonyl (C=O) groups is 2. The number of carboxylic acids is 2. The lowest BCUT2D eigenvalue weighted by atomic mass is 10.1. The molecule has 140 valence electrons. The van der Waals surface area contributed by atoms with Crippen LogP contribution < -0.4 is 17.2 Å². The number of aromatic nitrogens is 4. The number of nitrogen functional groups attached to an aromatic ring is 2. The molecule has 0 bridgehead atoms. The average Bonchev–Trinajstić information content (AvgIpc) is 2.57. The van der Waals surface area contributed by atoms with Crippen molar-refractivity contribution < 1.29 is 19.8 Å². The minimum atomic E-state index is -1.29. The van der Waals surface area contributed by atoms with Gasteiger partial charge in [-0.1, -0.05) is 6.92 Å². The number of anilines is 2. The van der Waals surface area contributed by atoms with E-state index in [-0.39, 0.29) is 35.9 Å². The number of fused-ring (bicyclic) bond motifs is 1. The lowest BCUT2D eigenvalue weighted by molar-refractivity contribution is -0.145. The highest BCUT2D eigenvalue weighted by molar-refractivity contribution is 5.81. The fourth-order valence-electron chi connectivity index (χ4n) is 2.46. The number of nitrogens with zero attached hydrogens (tertiary/aromatic N) is 5. The van der Waals surface area contributed by atoms with Crippen LogP contribution >= 0.6 is 0 Å². The molecular weight excluding hydrogens is 344 g/mol. The van der Waals surface area contributed by atoms with E-state index < -0.39 is 24.0 Å². The quantitative estimate of drug-likeness (QED) is 0.369. The molecule has 2 aromatic heterocycles. The van der Waals surface area contributed by atoms with Crippen LogP contribution in [-0.2, 0) is 16.1 Å². The van der Waals surface area contributed by atoms with Gasteiger partial charge in [0.05, 0.1) is 11.9 Å². The minimum Gasteiger partial charge on any atom is -0.480 e. The highest BCUT2D eigenvalue weighted by Crippen LogP contribution is 2.17. The maximum atomic E-state index is 11.6. The van der Waals surface area contributed by atoms with E-state index in [1.54, 1.807) is 6.92 Å². The molecule has 2 heterocycles. The molecule has 0 fully saturated rings. The van der Waals surface area contributed by atoms with Crippen LogP contribution in [0.15, 0.2) is 6.20 Å². The molecule has 0 aromatic carbocycles. The average molecular weight is 364 g/mol. The summed E-state index contributed by atoms with van der Waals surface area (Å²) in [6.07, 6.45) is 1.17. The summed E-state index contributed by atoms with van der Waals surface area (Å²) in [7, 11) is 0. The second kappa shape index (κ2) is 7.84. The molecule has 0 spiro atoms. The van der Waals surface area contributed by atoms with E-state index >= 15 is 0 Å². The maximum Gasteiger partial charge on any atom is 0.321 e. The van der Waals surface area contributed by atoms with Crippen molar-refractivity contribution in [2.24, 2.45) is 5.73 Å². The van der Waals surface area contributed by atoms with Crippen LogP contribution in [0.25, 0.3) is 11.2 Å². The summed E-state index contributed by atoms with van der Waals surface area (Å²) in [6.45, 7) is 2.18. The first-order chi connectivity index (χ1) is 12.2. The van der Waals surface area contributed by atoms with Gasteiger partial charge in [-0.25, -0.2) is 9.97 Å². The zero-order valence-corrected chi connectivity index (χ0v) is 14.0. The fourth-order valence-corrected chi connectivity index (χ4v) is 2.46. The van der Waals surface area contributed by atoms with Crippen molar-refractivity contribution in [1.29, 1.82) is 0 Å². The molecule has 2 rings (SSSR count). The molecule has 26 heavy (non-hydrogen) atoms. The predicted molar refractivity (Wildman–Crippen MR) is 91.7 cm³/mol. The van der Waals surface area contributed by atoms with Crippen molar-refractivity contribution in [3.8, 4) is 0 Å². The van der Waals surface area contributed by atoms with Gasteiger partial charge in [0, 0.05) is 6.54 Å². The van der Waals surface area contributed by atoms with Crippen molar-refractivity contribution in [3.05, 3.63) is 11.9 Å². The molecule has 12 nitrogen and oxygen atoms in total. The topological polar surface area (TPSA) is 207 Å². The van der Waals surface area contributed by atoms with Crippen molar-refractivity contribution >= 4 is 34.9 Å². The van der Waals surface area contributed by atoms with E-state index in [0.29, 0.717) is 12.2 Å². The molecule has 2 aromatic rings. The first-order valence-electron chi connectivity index (χ1n) is 7.72. The first kappa shape index (κ1) is 19.2. The molecule has 0 aliphatic carbocycles. The molecule has 12 heteroatoms. The number of hydrogen-bond donors (Lipinski definition) is 5. The predicted octanol–water partition coefficient (Wildman–Crippen LogP) is -1.34. The Hall–Kier alpha value is -3.12. The van der Waals surface area contributed by atoms with Crippen LogP contribution in [0, 0.1) is 0 Å². The second-order valence-corrected chi connectivity index (χ2v) is 5.60. The van der Waals surface area contributed by atoms with Crippen LogP contribution in [0.2, 0.25) is 0 Å². The lowest BCUT2D eigenvalue weighted by Crippen LogP contribution is -2.46. The second-order valence-electron chi connectivity index (χ2n) is 5.60. The number of likely N-dealkylation sites (N-methyl/N-ethyl adjacent to an activating group) is 1. The Kier molecular flexibility index (Phi) is 5.79. The Labute approximate surface area is 148 Å². The molecule has 2 atom stereocenters. The van der Waals surface area contributed by atoms with Crippen molar-refractivity contribution in [2.75, 3.05) is 18.0 Å². The van der Waals surface area contributed by atoms with Gasteiger partial charge in [-0.2, -0.15) is 9.97 Å². The van der Waals surface area contributed by atoms with Gasteiger partial charge in [-0.05, 0) is 13.0 Å². The van der Waals surface area contributed by atoms with Gasteiger partial charge >= 0.3 is 11.9 Å². The van der Waals surface area contributed by atoms with Crippen molar-refractivity contribution in [2.45, 2.75) is 32.0 Å². The molecule has 0 saturated carbocycles. The van der Waals surface area contributed by atoms with Crippen LogP contribution in [0.3, 0.4) is 0 Å². The molecular formula is C14H20N8O4. The summed E-state index contributed by atoms with van der Waals surface area (Å²) in [5.74, 6) is -2.40. The van der Waals surface area contributed by atoms with Crippen LogP contribution in [0.5, 0.6) is 0 Å². The number of nitrogens with two attached hydrogens (primary N) is 3. The molecule has 8 N–H and O–H groups in total. The zero-order chi connectivity index (χ0) is 19.4. The highest BCUT2D eigenvalue weighted by Gasteiger charge is 2.29. The fraction of sp³-hybridized carbons (Fsp3) is 0.429. The van der Waals surface area contributed by atoms with Crippen LogP contribution in [-0.4, -0.2) is 65.6 Å². The minimum absolute atomic E-state index is 0.0270. The third kappa shape index (κ3) is 4.29. The molecule has 1 unspecified atom stereocenters. The monoisotopic (exact) mass is 364 g/mol. The SMILES string of the molecule is CCN(Cc1cnc2nc(N)nc(N)c2n1)C(C[C@H](N)C(=O)O)C(=O)O. The standard InChI is InChI=1S/C14H20N8O4/c1-2-22(8(13(25)26)3-7(15)12(23)24)5-6-4-18-11-9(19-6)10(16)20-14(17)21-11/h4,7-8H,2-3,5,15H2,1H3,(H,23,24)(H,25,26)(H4,16,17,18,20,21)/t7-,8?/m0/s1. The maximum absolute atomic E-state index is 11.6. The Morgan fingerprint density at radius 1 is 1.19 bits per heavy atom. The normalized spacial score (nSPS) is 13.7. The van der Waals surface area contributed by atoms with E-state index in [2.05, 4.69) is 19.9 Å². The summed E-state index contributed by atoms with van der Waals surface area (Å²) in [6, 6.07) is -2.39. The van der Waals surface area contributed by atoms with E-state index in [1.165, 1.54) is 11.1 Å². The molecule has 0 aliphatic heterocycles. The molecule has 0 aliphatic rings. The molecule has 0 saturated heterocycles. The number of hydrogen-bond acceptors (Lipinski definition) is 10. The zero-order valence-electron chi connectivity index (χ0n) is 14.0. The summed E-state index contributed by atoms with van der Waals surface area (Å²) >= 11 is 0. The number of carboxylic acid groups (broad SMARTS) is 2. The third-order valence-corrected chi connectivity index (χ3v) is 3.79. The van der Waals surface area contributed by atoms with Crippen LogP contribution in [0.1, 0.15) is 19.0 Å². The van der Waals surface area contributed by atoms with Crippen molar-refractivity contribution in [1.82, 2.24) is 24.8 Å². The Bertz CT molecular complexity index is 830. The van der Waals surface area contributed by atoms with Gasteiger partial charge in [0.25, 0.3) is 0 Å². The van der Waals surface area contributed by atoms with Gasteiger partial charge in [0.1, 0.15) is 12.1 Å². The van der Waals surface area contributed by atoms with Crippen LogP contribution in [0.4, 0.5) is 11.8 Å². The van der Waals surface area contributed by atoms with E-state index in [0.717, 1.165) is 0 Å². The first-order valence-corrected chi connectivity index (χ1v) is 7.72. The largest absolute Gasteiger partial charge is 0.480 e. The van der Waals surface area contributed by atoms with Gasteiger partial charge < -0.3 is 27.4 Å². The highest BCUT2D eigenvalue weighted by atomic mass is 16.4. The van der Waals surface area contributed by atoms with E-state index in [4.69, 9.17) is 22.3 Å².